The number of hydrogen-bond donors (Lipinski definition) is 1. The minimum Gasteiger partial charge on any atom is -0.459 e. The summed E-state index contributed by atoms with van der Waals surface area (Å²) in [6, 6.07) is 0. The molecule has 1 saturated carbocycles. The second-order valence-corrected chi connectivity index (χ2v) is 18.0. The van der Waals surface area contributed by atoms with Gasteiger partial charge < -0.3 is 33.5 Å². The summed E-state index contributed by atoms with van der Waals surface area (Å²) in [6.07, 6.45) is 13.2. The second-order valence-electron chi connectivity index (χ2n) is 18.0. The molecule has 1 aliphatic carbocycles. The van der Waals surface area contributed by atoms with Crippen LogP contribution in [-0.4, -0.2) is 82.4 Å². The average molecular weight is 765 g/mol. The molecule has 54 heavy (non-hydrogen) atoms. The molecule has 3 saturated heterocycles. The van der Waals surface area contributed by atoms with Crippen LogP contribution in [0.5, 0.6) is 0 Å². The zero-order valence-electron chi connectivity index (χ0n) is 34.9. The van der Waals surface area contributed by atoms with E-state index in [1.807, 2.05) is 27.7 Å². The summed E-state index contributed by atoms with van der Waals surface area (Å²) >= 11 is 0. The zero-order chi connectivity index (χ0) is 39.9. The van der Waals surface area contributed by atoms with Crippen LogP contribution >= 0.6 is 0 Å². The summed E-state index contributed by atoms with van der Waals surface area (Å²) in [7, 11) is 0. The molecule has 11 unspecified atom stereocenters. The Balaban J connectivity index is 1.50. The lowest BCUT2D eigenvalue weighted by atomic mass is 9.53. The van der Waals surface area contributed by atoms with Crippen molar-refractivity contribution in [1.29, 1.82) is 0 Å². The fourth-order valence-electron chi connectivity index (χ4n) is 10.6. The molecule has 0 aromatic carbocycles. The van der Waals surface area contributed by atoms with E-state index in [2.05, 4.69) is 6.92 Å². The van der Waals surface area contributed by atoms with Crippen LogP contribution in [0, 0.1) is 23.7 Å². The summed E-state index contributed by atoms with van der Waals surface area (Å²) in [5.74, 6) is -3.17. The minimum atomic E-state index is -1.53. The molecule has 3 heterocycles. The van der Waals surface area contributed by atoms with E-state index < -0.39 is 70.6 Å². The Hall–Kier alpha value is -2.24. The second kappa shape index (κ2) is 18.8. The SMILES string of the molecule is CCCCCCCCCCCCCCCC(=O)OC1CCC(C)(OC(C)=O)C2OC(C)(CC1(C)O)C1C2C(C(C)C)C(OC(C)=O)C(OC(C)=O)C12CO2. The van der Waals surface area contributed by atoms with Crippen LogP contribution in [0.4, 0.5) is 0 Å². The molecule has 310 valence electrons. The van der Waals surface area contributed by atoms with Crippen molar-refractivity contribution >= 4 is 23.9 Å². The van der Waals surface area contributed by atoms with Crippen LogP contribution in [-0.2, 0) is 47.6 Å². The van der Waals surface area contributed by atoms with Gasteiger partial charge >= 0.3 is 23.9 Å². The average Bonchev–Trinajstić information content (AvgIpc) is 3.77. The van der Waals surface area contributed by atoms with E-state index in [0.717, 1.165) is 19.3 Å². The van der Waals surface area contributed by atoms with Crippen molar-refractivity contribution in [3.63, 3.8) is 0 Å². The van der Waals surface area contributed by atoms with Crippen LogP contribution < -0.4 is 0 Å². The maximum atomic E-state index is 13.3. The van der Waals surface area contributed by atoms with Crippen LogP contribution in [0.3, 0.4) is 0 Å². The topological polar surface area (TPSA) is 147 Å². The van der Waals surface area contributed by atoms with Gasteiger partial charge in [-0.25, -0.2) is 0 Å². The largest absolute Gasteiger partial charge is 0.459 e. The molecular formula is C43H72O11. The maximum Gasteiger partial charge on any atom is 0.306 e. The lowest BCUT2D eigenvalue weighted by molar-refractivity contribution is -0.209. The van der Waals surface area contributed by atoms with Crippen molar-refractivity contribution < 1.29 is 52.7 Å². The molecule has 3 aliphatic heterocycles. The van der Waals surface area contributed by atoms with Crippen molar-refractivity contribution in [3.8, 4) is 0 Å². The van der Waals surface area contributed by atoms with Gasteiger partial charge in [0.1, 0.15) is 35.1 Å². The van der Waals surface area contributed by atoms with Gasteiger partial charge in [0, 0.05) is 51.4 Å². The lowest BCUT2D eigenvalue weighted by Gasteiger charge is -2.53. The molecule has 0 amide bonds. The summed E-state index contributed by atoms with van der Waals surface area (Å²) in [5.41, 5.74) is -4.91. The first-order valence-electron chi connectivity index (χ1n) is 21.2. The predicted octanol–water partition coefficient (Wildman–Crippen LogP) is 7.94. The van der Waals surface area contributed by atoms with Crippen LogP contribution in [0.15, 0.2) is 0 Å². The highest BCUT2D eigenvalue weighted by molar-refractivity contribution is 5.70. The van der Waals surface area contributed by atoms with Crippen LogP contribution in [0.2, 0.25) is 0 Å². The fourth-order valence-corrected chi connectivity index (χ4v) is 10.6. The highest BCUT2D eigenvalue weighted by Crippen LogP contribution is 2.66. The van der Waals surface area contributed by atoms with Crippen molar-refractivity contribution in [2.45, 2.75) is 218 Å². The quantitative estimate of drug-likeness (QED) is 0.0592. The summed E-state index contributed by atoms with van der Waals surface area (Å²) in [6.45, 7) is 16.0. The predicted molar refractivity (Wildman–Crippen MR) is 203 cm³/mol. The third kappa shape index (κ3) is 10.6. The van der Waals surface area contributed by atoms with Gasteiger partial charge in [-0.2, -0.15) is 0 Å². The third-order valence-electron chi connectivity index (χ3n) is 12.8. The number of rotatable bonds is 19. The smallest absolute Gasteiger partial charge is 0.306 e. The standard InChI is InChI=1S/C43H72O11/c1-10-11-12-13-14-15-16-17-18-19-20-21-22-23-33(47)52-32-24-25-41(8,53-31(6)46)38-35-34(28(2)3)36(50-29(4)44)39(51-30(5)45)43(27-49-43)37(35)42(9,54-38)26-40(32,7)48/h28,32,34-39,48H,10-27H2,1-9H3. The van der Waals surface area contributed by atoms with Gasteiger partial charge in [-0.15, -0.1) is 0 Å². The van der Waals surface area contributed by atoms with Crippen LogP contribution in [0.25, 0.3) is 0 Å². The summed E-state index contributed by atoms with van der Waals surface area (Å²) < 4.78 is 37.7. The molecule has 0 aromatic heterocycles. The minimum absolute atomic E-state index is 0.0749. The van der Waals surface area contributed by atoms with Gasteiger partial charge in [-0.05, 0) is 46.0 Å². The van der Waals surface area contributed by atoms with Crippen molar-refractivity contribution in [3.05, 3.63) is 0 Å². The fraction of sp³-hybridized carbons (Fsp3) is 0.907. The number of ether oxygens (including phenoxy) is 6. The molecule has 4 rings (SSSR count). The molecule has 11 atom stereocenters. The molecule has 0 radical (unpaired) electrons. The normalized spacial score (nSPS) is 37.1. The monoisotopic (exact) mass is 765 g/mol. The highest BCUT2D eigenvalue weighted by atomic mass is 16.7. The highest BCUT2D eigenvalue weighted by Gasteiger charge is 2.79. The molecule has 11 heteroatoms. The molecular weight excluding hydrogens is 692 g/mol. The van der Waals surface area contributed by atoms with E-state index >= 15 is 0 Å². The van der Waals surface area contributed by atoms with Crippen LogP contribution in [0.1, 0.15) is 171 Å². The zero-order valence-corrected chi connectivity index (χ0v) is 34.9. The number of fused-ring (bicyclic) bond motifs is 6. The van der Waals surface area contributed by atoms with E-state index in [1.165, 1.54) is 85.0 Å². The molecule has 1 spiro atoms. The van der Waals surface area contributed by atoms with Gasteiger partial charge in [0.05, 0.1) is 12.2 Å². The Bertz CT molecular complexity index is 1280. The van der Waals surface area contributed by atoms with Gasteiger partial charge in [0.25, 0.3) is 0 Å². The third-order valence-corrected chi connectivity index (χ3v) is 12.8. The maximum absolute atomic E-state index is 13.3. The molecule has 0 aromatic rings. The number of hydrogen-bond acceptors (Lipinski definition) is 11. The Morgan fingerprint density at radius 1 is 0.778 bits per heavy atom. The number of carbonyl (C=O) groups is 4. The molecule has 11 nitrogen and oxygen atoms in total. The van der Waals surface area contributed by atoms with Gasteiger partial charge in [0.2, 0.25) is 0 Å². The van der Waals surface area contributed by atoms with Crippen molar-refractivity contribution in [2.24, 2.45) is 23.7 Å². The van der Waals surface area contributed by atoms with Gasteiger partial charge in [-0.1, -0.05) is 97.8 Å². The number of epoxide rings is 1. The molecule has 4 fully saturated rings. The Morgan fingerprint density at radius 2 is 1.31 bits per heavy atom. The number of unbranched alkanes of at least 4 members (excludes halogenated alkanes) is 12. The molecule has 2 bridgehead atoms. The summed E-state index contributed by atoms with van der Waals surface area (Å²) in [5, 5.41) is 12.3. The Kier molecular flexibility index (Phi) is 15.5. The molecule has 4 aliphatic rings. The van der Waals surface area contributed by atoms with E-state index in [9.17, 15) is 24.3 Å². The Morgan fingerprint density at radius 3 is 1.80 bits per heavy atom. The number of carbonyl (C=O) groups excluding carboxylic acids is 4. The van der Waals surface area contributed by atoms with E-state index in [-0.39, 0.29) is 56.0 Å². The lowest BCUT2D eigenvalue weighted by Crippen LogP contribution is -2.66. The van der Waals surface area contributed by atoms with Crippen molar-refractivity contribution in [1.82, 2.24) is 0 Å². The van der Waals surface area contributed by atoms with E-state index in [4.69, 9.17) is 28.4 Å². The van der Waals surface area contributed by atoms with E-state index in [1.54, 1.807) is 6.92 Å². The summed E-state index contributed by atoms with van der Waals surface area (Å²) in [4.78, 5) is 51.3. The van der Waals surface area contributed by atoms with Gasteiger partial charge in [0.15, 0.2) is 6.10 Å². The van der Waals surface area contributed by atoms with Crippen molar-refractivity contribution in [2.75, 3.05) is 6.61 Å². The first-order chi connectivity index (χ1) is 25.4. The molecule has 1 N–H and O–H groups in total. The first kappa shape index (κ1) is 44.5. The number of aliphatic hydroxyl groups is 1. The first-order valence-corrected chi connectivity index (χ1v) is 21.2. The number of esters is 4. The van der Waals surface area contributed by atoms with E-state index in [0.29, 0.717) is 0 Å². The Labute approximate surface area is 324 Å². The van der Waals surface area contributed by atoms with Gasteiger partial charge in [-0.3, -0.25) is 19.2 Å².